The van der Waals surface area contributed by atoms with Crippen LogP contribution in [-0.4, -0.2) is 26.9 Å². The van der Waals surface area contributed by atoms with Crippen LogP contribution in [0.4, 0.5) is 11.5 Å². The Hall–Kier alpha value is -4.05. The Kier molecular flexibility index (Phi) is 5.22. The van der Waals surface area contributed by atoms with E-state index in [0.717, 1.165) is 4.88 Å². The molecule has 0 aliphatic carbocycles. The predicted octanol–water partition coefficient (Wildman–Crippen LogP) is 3.71. The van der Waals surface area contributed by atoms with Crippen LogP contribution in [0.1, 0.15) is 25.6 Å². The van der Waals surface area contributed by atoms with Crippen molar-refractivity contribution >= 4 is 45.6 Å². The molecule has 0 saturated heterocycles. The van der Waals surface area contributed by atoms with Crippen molar-refractivity contribution in [1.82, 2.24) is 15.5 Å². The van der Waals surface area contributed by atoms with E-state index in [2.05, 4.69) is 20.8 Å². The SMILES string of the molecule is O=C(NCc1cccs1)c1ccc2[nH]nc(NC(=O)c3cccc([N+](=O)[O-])c3)c2c1. The van der Waals surface area contributed by atoms with Gasteiger partial charge in [-0.05, 0) is 35.7 Å². The maximum atomic E-state index is 12.5. The summed E-state index contributed by atoms with van der Waals surface area (Å²) in [4.78, 5) is 36.4. The normalized spacial score (nSPS) is 10.7. The second-order valence-corrected chi connectivity index (χ2v) is 7.39. The Bertz CT molecular complexity index is 1250. The molecule has 0 unspecified atom stereocenters. The first-order valence-electron chi connectivity index (χ1n) is 8.86. The number of H-pyrrole nitrogens is 1. The molecule has 150 valence electrons. The number of aromatic nitrogens is 2. The molecule has 4 rings (SSSR count). The van der Waals surface area contributed by atoms with Crippen molar-refractivity contribution in [2.45, 2.75) is 6.54 Å². The zero-order chi connectivity index (χ0) is 21.1. The predicted molar refractivity (Wildman–Crippen MR) is 113 cm³/mol. The monoisotopic (exact) mass is 421 g/mol. The number of hydrogen-bond acceptors (Lipinski definition) is 6. The number of carbonyl (C=O) groups is 2. The molecule has 9 nitrogen and oxygen atoms in total. The molecule has 30 heavy (non-hydrogen) atoms. The molecule has 2 amide bonds. The van der Waals surface area contributed by atoms with Gasteiger partial charge in [-0.2, -0.15) is 5.10 Å². The van der Waals surface area contributed by atoms with Crippen molar-refractivity contribution in [3.8, 4) is 0 Å². The number of nitro groups is 1. The van der Waals surface area contributed by atoms with Crippen LogP contribution in [0.15, 0.2) is 60.0 Å². The Labute approximate surface area is 173 Å². The van der Waals surface area contributed by atoms with Crippen LogP contribution in [0.2, 0.25) is 0 Å². The fraction of sp³-hybridized carbons (Fsp3) is 0.0500. The molecule has 0 saturated carbocycles. The summed E-state index contributed by atoms with van der Waals surface area (Å²) in [5.41, 5.74) is 1.01. The van der Waals surface area contributed by atoms with Gasteiger partial charge in [0.15, 0.2) is 5.82 Å². The van der Waals surface area contributed by atoms with E-state index in [0.29, 0.717) is 23.0 Å². The number of benzene rings is 2. The topological polar surface area (TPSA) is 130 Å². The average molecular weight is 421 g/mol. The highest BCUT2D eigenvalue weighted by Crippen LogP contribution is 2.23. The minimum atomic E-state index is -0.568. The molecule has 0 spiro atoms. The van der Waals surface area contributed by atoms with Crippen LogP contribution < -0.4 is 10.6 Å². The van der Waals surface area contributed by atoms with Crippen molar-refractivity contribution in [3.05, 3.63) is 86.1 Å². The molecule has 0 atom stereocenters. The van der Waals surface area contributed by atoms with Gasteiger partial charge in [0.2, 0.25) is 0 Å². The highest BCUT2D eigenvalue weighted by Gasteiger charge is 2.16. The number of amides is 2. The van der Waals surface area contributed by atoms with Crippen molar-refractivity contribution in [2.24, 2.45) is 0 Å². The maximum absolute atomic E-state index is 12.5. The third kappa shape index (κ3) is 4.03. The van der Waals surface area contributed by atoms with Crippen molar-refractivity contribution in [3.63, 3.8) is 0 Å². The Morgan fingerprint density at radius 2 is 1.90 bits per heavy atom. The van der Waals surface area contributed by atoms with Gasteiger partial charge in [-0.25, -0.2) is 0 Å². The molecular weight excluding hydrogens is 406 g/mol. The average Bonchev–Trinajstić information content (AvgIpc) is 3.42. The number of thiophene rings is 1. The lowest BCUT2D eigenvalue weighted by atomic mass is 10.1. The Morgan fingerprint density at radius 3 is 2.67 bits per heavy atom. The number of rotatable bonds is 6. The molecule has 4 aromatic rings. The molecule has 3 N–H and O–H groups in total. The standard InChI is InChI=1S/C20H15N5O4S/c26-19(21-11-15-5-2-8-30-15)13-6-7-17-16(10-13)18(24-23-17)22-20(27)12-3-1-4-14(9-12)25(28)29/h1-10H,11H2,(H,21,26)(H2,22,23,24,27). The number of fused-ring (bicyclic) bond motifs is 1. The summed E-state index contributed by atoms with van der Waals surface area (Å²) in [6.07, 6.45) is 0. The fourth-order valence-corrected chi connectivity index (χ4v) is 3.52. The van der Waals surface area contributed by atoms with Crippen molar-refractivity contribution in [1.29, 1.82) is 0 Å². The van der Waals surface area contributed by atoms with Crippen LogP contribution in [0, 0.1) is 10.1 Å². The van der Waals surface area contributed by atoms with Gasteiger partial charge in [-0.1, -0.05) is 12.1 Å². The smallest absolute Gasteiger partial charge is 0.270 e. The van der Waals surface area contributed by atoms with Crippen LogP contribution >= 0.6 is 11.3 Å². The second-order valence-electron chi connectivity index (χ2n) is 6.36. The minimum absolute atomic E-state index is 0.130. The highest BCUT2D eigenvalue weighted by molar-refractivity contribution is 7.09. The van der Waals surface area contributed by atoms with Gasteiger partial charge in [-0.3, -0.25) is 24.8 Å². The fourth-order valence-electron chi connectivity index (χ4n) is 2.87. The first kappa shape index (κ1) is 19.3. The number of carbonyl (C=O) groups excluding carboxylic acids is 2. The lowest BCUT2D eigenvalue weighted by molar-refractivity contribution is -0.384. The summed E-state index contributed by atoms with van der Waals surface area (Å²) in [6, 6.07) is 14.3. The van der Waals surface area contributed by atoms with Gasteiger partial charge in [0.05, 0.1) is 17.0 Å². The molecule has 2 aromatic carbocycles. The Morgan fingerprint density at radius 1 is 1.07 bits per heavy atom. The third-order valence-electron chi connectivity index (χ3n) is 4.38. The number of nitro benzene ring substituents is 1. The Balaban J connectivity index is 1.54. The number of nitrogens with zero attached hydrogens (tertiary/aromatic N) is 2. The maximum Gasteiger partial charge on any atom is 0.270 e. The van der Waals surface area contributed by atoms with Crippen LogP contribution in [-0.2, 0) is 6.54 Å². The molecule has 0 bridgehead atoms. The molecule has 0 radical (unpaired) electrons. The van der Waals surface area contributed by atoms with Crippen molar-refractivity contribution in [2.75, 3.05) is 5.32 Å². The largest absolute Gasteiger partial charge is 0.347 e. The molecule has 0 aliphatic heterocycles. The lowest BCUT2D eigenvalue weighted by Crippen LogP contribution is -2.22. The van der Waals surface area contributed by atoms with Gasteiger partial charge >= 0.3 is 0 Å². The van der Waals surface area contributed by atoms with Gasteiger partial charge in [0.25, 0.3) is 17.5 Å². The van der Waals surface area contributed by atoms with E-state index in [1.807, 2.05) is 17.5 Å². The van der Waals surface area contributed by atoms with Crippen LogP contribution in [0.3, 0.4) is 0 Å². The van der Waals surface area contributed by atoms with E-state index in [1.165, 1.54) is 24.3 Å². The summed E-state index contributed by atoms with van der Waals surface area (Å²) in [7, 11) is 0. The molecule has 0 aliphatic rings. The molecule has 2 heterocycles. The van der Waals surface area contributed by atoms with Gasteiger partial charge < -0.3 is 10.6 Å². The summed E-state index contributed by atoms with van der Waals surface area (Å²) in [6.45, 7) is 0.427. The number of anilines is 1. The lowest BCUT2D eigenvalue weighted by Gasteiger charge is -2.05. The highest BCUT2D eigenvalue weighted by atomic mass is 32.1. The van der Waals surface area contributed by atoms with E-state index < -0.39 is 10.8 Å². The van der Waals surface area contributed by atoms with Gasteiger partial charge in [0, 0.05) is 33.5 Å². The summed E-state index contributed by atoms with van der Waals surface area (Å²) < 4.78 is 0. The van der Waals surface area contributed by atoms with E-state index >= 15 is 0 Å². The molecule has 10 heteroatoms. The quantitative estimate of drug-likeness (QED) is 0.323. The summed E-state index contributed by atoms with van der Waals surface area (Å²) in [5, 5.41) is 25.8. The zero-order valence-corrected chi connectivity index (χ0v) is 16.2. The number of hydrogen-bond donors (Lipinski definition) is 3. The van der Waals surface area contributed by atoms with Crippen LogP contribution in [0.25, 0.3) is 10.9 Å². The number of non-ortho nitro benzene ring substituents is 1. The molecule has 0 fully saturated rings. The second kappa shape index (κ2) is 8.13. The first-order chi connectivity index (χ1) is 14.5. The van der Waals surface area contributed by atoms with E-state index in [1.54, 1.807) is 29.5 Å². The zero-order valence-electron chi connectivity index (χ0n) is 15.4. The number of aromatic amines is 1. The number of nitrogens with one attached hydrogen (secondary N) is 3. The van der Waals surface area contributed by atoms with E-state index in [-0.39, 0.29) is 23.0 Å². The van der Waals surface area contributed by atoms with E-state index in [4.69, 9.17) is 0 Å². The minimum Gasteiger partial charge on any atom is -0.347 e. The van der Waals surface area contributed by atoms with Gasteiger partial charge in [0.1, 0.15) is 0 Å². The molecule has 2 aromatic heterocycles. The van der Waals surface area contributed by atoms with Crippen molar-refractivity contribution < 1.29 is 14.5 Å². The third-order valence-corrected chi connectivity index (χ3v) is 5.26. The first-order valence-corrected chi connectivity index (χ1v) is 9.74. The molecular formula is C20H15N5O4S. The van der Waals surface area contributed by atoms with Gasteiger partial charge in [-0.15, -0.1) is 11.3 Å². The summed E-state index contributed by atoms with van der Waals surface area (Å²) in [5.74, 6) is -0.559. The van der Waals surface area contributed by atoms with Crippen LogP contribution in [0.5, 0.6) is 0 Å². The van der Waals surface area contributed by atoms with E-state index in [9.17, 15) is 19.7 Å². The summed E-state index contributed by atoms with van der Waals surface area (Å²) >= 11 is 1.55.